The van der Waals surface area contributed by atoms with E-state index in [1.165, 1.54) is 18.5 Å². The molecule has 0 spiro atoms. The molecule has 1 aromatic rings. The number of aliphatic imine (C=N–C) groups is 1. The first-order chi connectivity index (χ1) is 15.1. The lowest BCUT2D eigenvalue weighted by Crippen LogP contribution is -2.35. The summed E-state index contributed by atoms with van der Waals surface area (Å²) in [7, 11) is 0. The normalized spacial score (nSPS) is 26.2. The number of amides is 1. The van der Waals surface area contributed by atoms with Crippen molar-refractivity contribution in [1.82, 2.24) is 4.90 Å². The van der Waals surface area contributed by atoms with Gasteiger partial charge in [-0.05, 0) is 68.4 Å². The second-order valence-corrected chi connectivity index (χ2v) is 8.94. The molecule has 0 radical (unpaired) electrons. The lowest BCUT2D eigenvalue weighted by Gasteiger charge is -2.32. The predicted octanol–water partition coefficient (Wildman–Crippen LogP) is 3.78. The highest BCUT2D eigenvalue weighted by molar-refractivity contribution is 6.05. The van der Waals surface area contributed by atoms with E-state index in [2.05, 4.69) is 57.8 Å². The van der Waals surface area contributed by atoms with Crippen LogP contribution < -0.4 is 15.5 Å². The maximum Gasteiger partial charge on any atom is 0.228 e. The molecule has 1 saturated heterocycles. The van der Waals surface area contributed by atoms with Crippen molar-refractivity contribution in [2.75, 3.05) is 29.4 Å². The van der Waals surface area contributed by atoms with Crippen molar-refractivity contribution < 1.29 is 4.79 Å². The first-order valence-corrected chi connectivity index (χ1v) is 11.5. The van der Waals surface area contributed by atoms with E-state index in [1.807, 2.05) is 6.08 Å². The lowest BCUT2D eigenvalue weighted by molar-refractivity contribution is -0.124. The number of anilines is 2. The number of nitrogens with zero attached hydrogens (tertiary/aromatic N) is 4. The van der Waals surface area contributed by atoms with Crippen molar-refractivity contribution in [1.29, 1.82) is 0 Å². The Kier molecular flexibility index (Phi) is 5.40. The van der Waals surface area contributed by atoms with E-state index in [0.29, 0.717) is 24.9 Å². The molecular weight excluding hydrogens is 386 g/mol. The molecule has 3 aliphatic heterocycles. The van der Waals surface area contributed by atoms with Crippen molar-refractivity contribution in [2.24, 2.45) is 16.6 Å². The number of fused-ring (bicyclic) bond motifs is 1. The van der Waals surface area contributed by atoms with Gasteiger partial charge in [0.15, 0.2) is 0 Å². The van der Waals surface area contributed by atoms with Gasteiger partial charge in [-0.1, -0.05) is 18.7 Å². The summed E-state index contributed by atoms with van der Waals surface area (Å²) < 4.78 is 0. The molecule has 1 aromatic carbocycles. The molecule has 3 heterocycles. The molecule has 2 N–H and O–H groups in total. The van der Waals surface area contributed by atoms with E-state index >= 15 is 0 Å². The third kappa shape index (κ3) is 3.81. The smallest absolute Gasteiger partial charge is 0.228 e. The van der Waals surface area contributed by atoms with Crippen LogP contribution in [0, 0.1) is 5.92 Å². The second kappa shape index (κ2) is 8.35. The highest BCUT2D eigenvalue weighted by Gasteiger charge is 2.34. The summed E-state index contributed by atoms with van der Waals surface area (Å²) in [6, 6.07) is 8.87. The number of nitrogens with two attached hydrogens (primary N) is 1. The molecule has 1 saturated carbocycles. The Morgan fingerprint density at radius 3 is 2.61 bits per heavy atom. The van der Waals surface area contributed by atoms with Gasteiger partial charge in [0, 0.05) is 31.2 Å². The van der Waals surface area contributed by atoms with Gasteiger partial charge in [0.2, 0.25) is 5.91 Å². The topological polar surface area (TPSA) is 65.2 Å². The van der Waals surface area contributed by atoms with Crippen LogP contribution in [0.1, 0.15) is 38.5 Å². The standard InChI is InChI=1S/C25H31N5O/c1-18-29(17-19-8-10-20(26)11-9-19)22-5-2-3-6-23(22)30(18)21-12-13-24(27-15-14-21)28-16-4-7-25(28)31/h2-3,5-6,12-14,19-20H,1,4,7-11,15-17,26H2. The van der Waals surface area contributed by atoms with E-state index in [9.17, 15) is 4.79 Å². The molecule has 0 atom stereocenters. The number of benzene rings is 1. The monoisotopic (exact) mass is 417 g/mol. The molecule has 1 aliphatic carbocycles. The number of likely N-dealkylation sites (tertiary alicyclic amines) is 1. The zero-order valence-corrected chi connectivity index (χ0v) is 18.0. The zero-order valence-electron chi connectivity index (χ0n) is 18.0. The first kappa shape index (κ1) is 20.1. The Morgan fingerprint density at radius 2 is 1.87 bits per heavy atom. The maximum atomic E-state index is 12.1. The molecule has 5 rings (SSSR count). The highest BCUT2D eigenvalue weighted by atomic mass is 16.2. The average Bonchev–Trinajstić information content (AvgIpc) is 3.21. The van der Waals surface area contributed by atoms with Crippen molar-refractivity contribution >= 4 is 23.1 Å². The van der Waals surface area contributed by atoms with Crippen LogP contribution in [-0.4, -0.2) is 42.3 Å². The van der Waals surface area contributed by atoms with Gasteiger partial charge in [-0.3, -0.25) is 19.6 Å². The summed E-state index contributed by atoms with van der Waals surface area (Å²) >= 11 is 0. The van der Waals surface area contributed by atoms with Crippen LogP contribution in [0.2, 0.25) is 0 Å². The van der Waals surface area contributed by atoms with Gasteiger partial charge < -0.3 is 10.6 Å². The van der Waals surface area contributed by atoms with Crippen LogP contribution in [-0.2, 0) is 4.79 Å². The molecule has 162 valence electrons. The van der Waals surface area contributed by atoms with Gasteiger partial charge in [0.05, 0.1) is 17.9 Å². The summed E-state index contributed by atoms with van der Waals surface area (Å²) in [4.78, 5) is 23.2. The number of rotatable bonds is 3. The molecule has 6 nitrogen and oxygen atoms in total. The fourth-order valence-electron chi connectivity index (χ4n) is 5.15. The van der Waals surface area contributed by atoms with Gasteiger partial charge in [-0.25, -0.2) is 0 Å². The molecule has 0 aromatic heterocycles. The average molecular weight is 418 g/mol. The van der Waals surface area contributed by atoms with E-state index in [4.69, 9.17) is 5.73 Å². The van der Waals surface area contributed by atoms with Gasteiger partial charge in [0.1, 0.15) is 11.7 Å². The Morgan fingerprint density at radius 1 is 1.10 bits per heavy atom. The van der Waals surface area contributed by atoms with Crippen LogP contribution in [0.5, 0.6) is 0 Å². The minimum atomic E-state index is 0.168. The zero-order chi connectivity index (χ0) is 21.4. The molecule has 0 unspecified atom stereocenters. The molecule has 6 heteroatoms. The maximum absolute atomic E-state index is 12.1. The molecule has 31 heavy (non-hydrogen) atoms. The number of allylic oxidation sites excluding steroid dienone is 1. The van der Waals surface area contributed by atoms with Crippen molar-refractivity contribution in [2.45, 2.75) is 44.6 Å². The molecule has 0 bridgehead atoms. The third-order valence-corrected chi connectivity index (χ3v) is 6.88. The first-order valence-electron chi connectivity index (χ1n) is 11.5. The van der Waals surface area contributed by atoms with Crippen LogP contribution in [0.3, 0.4) is 0 Å². The van der Waals surface area contributed by atoms with Gasteiger partial charge in [-0.2, -0.15) is 0 Å². The Labute approximate surface area is 184 Å². The Hall–Kier alpha value is -2.86. The summed E-state index contributed by atoms with van der Waals surface area (Å²) in [6.45, 7) is 6.76. The van der Waals surface area contributed by atoms with Crippen molar-refractivity contribution in [3.05, 3.63) is 60.6 Å². The quantitative estimate of drug-likeness (QED) is 0.813. The number of carbonyl (C=O) groups excluding carboxylic acids is 1. The minimum Gasteiger partial charge on any atom is -0.328 e. The second-order valence-electron chi connectivity index (χ2n) is 8.94. The van der Waals surface area contributed by atoms with E-state index < -0.39 is 0 Å². The van der Waals surface area contributed by atoms with Gasteiger partial charge >= 0.3 is 0 Å². The molecule has 4 aliphatic rings. The van der Waals surface area contributed by atoms with Crippen molar-refractivity contribution in [3.63, 3.8) is 0 Å². The van der Waals surface area contributed by atoms with Crippen molar-refractivity contribution in [3.8, 4) is 0 Å². The SMILES string of the molecule is C=C1N(CC2CCC(N)CC2)c2ccccc2N1C1=CCN=C(N2CCCC2=O)C=C1. The van der Waals surface area contributed by atoms with Gasteiger partial charge in [0.25, 0.3) is 0 Å². The van der Waals surface area contributed by atoms with Crippen LogP contribution in [0.4, 0.5) is 11.4 Å². The Bertz CT molecular complexity index is 970. The fourth-order valence-corrected chi connectivity index (χ4v) is 5.15. The minimum absolute atomic E-state index is 0.168. The summed E-state index contributed by atoms with van der Waals surface area (Å²) in [5.74, 6) is 2.55. The molecule has 2 fully saturated rings. The van der Waals surface area contributed by atoms with E-state index in [-0.39, 0.29) is 5.91 Å². The van der Waals surface area contributed by atoms with Crippen LogP contribution in [0.15, 0.2) is 65.6 Å². The molecule has 1 amide bonds. The van der Waals surface area contributed by atoms with Crippen LogP contribution in [0.25, 0.3) is 0 Å². The number of amidine groups is 1. The van der Waals surface area contributed by atoms with Gasteiger partial charge in [-0.15, -0.1) is 0 Å². The number of carbonyl (C=O) groups is 1. The summed E-state index contributed by atoms with van der Waals surface area (Å²) in [5, 5.41) is 0. The summed E-state index contributed by atoms with van der Waals surface area (Å²) in [5.41, 5.74) is 9.53. The third-order valence-electron chi connectivity index (χ3n) is 6.88. The van der Waals surface area contributed by atoms with E-state index in [0.717, 1.165) is 55.4 Å². The number of hydrogen-bond acceptors (Lipinski definition) is 5. The van der Waals surface area contributed by atoms with Crippen LogP contribution >= 0.6 is 0 Å². The number of para-hydroxylation sites is 2. The largest absolute Gasteiger partial charge is 0.328 e. The number of hydrogen-bond donors (Lipinski definition) is 1. The molecular formula is C25H31N5O. The van der Waals surface area contributed by atoms with E-state index in [1.54, 1.807) is 4.90 Å². The lowest BCUT2D eigenvalue weighted by atomic mass is 9.86. The highest BCUT2D eigenvalue weighted by Crippen LogP contribution is 2.44. The Balaban J connectivity index is 1.38. The summed E-state index contributed by atoms with van der Waals surface area (Å²) in [6.07, 6.45) is 12.3. The fraction of sp³-hybridized carbons (Fsp3) is 0.440. The predicted molar refractivity (Wildman–Crippen MR) is 126 cm³/mol.